The molecule has 1 aromatic carbocycles. The van der Waals surface area contributed by atoms with Gasteiger partial charge in [0.25, 0.3) is 0 Å². The third-order valence-electron chi connectivity index (χ3n) is 3.27. The van der Waals surface area contributed by atoms with E-state index in [1.165, 1.54) is 0 Å². The van der Waals surface area contributed by atoms with E-state index in [9.17, 15) is 4.79 Å². The van der Waals surface area contributed by atoms with Gasteiger partial charge < -0.3 is 10.1 Å². The number of ether oxygens (including phenoxy) is 1. The molecule has 2 N–H and O–H groups in total. The molecule has 98 valence electrons. The number of anilines is 1. The molecule has 4 nitrogen and oxygen atoms in total. The fourth-order valence-electron chi connectivity index (χ4n) is 2.31. The third-order valence-corrected chi connectivity index (χ3v) is 3.27. The predicted octanol–water partition coefficient (Wildman–Crippen LogP) is 1.92. The zero-order valence-corrected chi connectivity index (χ0v) is 11.2. The second-order valence-corrected chi connectivity index (χ2v) is 4.56. The standard InChI is InChI=1S/C14H20N2O2/c1-4-18-8-7-15-13-11-9(2)5-6-10(3)12(11)16-14(13)17/h5-6,13,15H,4,7-8H2,1-3H3,(H,16,17). The smallest absolute Gasteiger partial charge is 0.246 e. The van der Waals surface area contributed by atoms with Gasteiger partial charge >= 0.3 is 0 Å². The minimum atomic E-state index is -0.250. The van der Waals surface area contributed by atoms with E-state index < -0.39 is 0 Å². The number of hydrogen-bond acceptors (Lipinski definition) is 3. The maximum absolute atomic E-state index is 12.0. The SMILES string of the molecule is CCOCCNC1C(=O)Nc2c(C)ccc(C)c21. The maximum Gasteiger partial charge on any atom is 0.246 e. The number of hydrogen-bond donors (Lipinski definition) is 2. The Balaban J connectivity index is 2.14. The summed E-state index contributed by atoms with van der Waals surface area (Å²) in [5.41, 5.74) is 4.30. The molecule has 0 saturated carbocycles. The van der Waals surface area contributed by atoms with E-state index in [1.807, 2.05) is 26.8 Å². The summed E-state index contributed by atoms with van der Waals surface area (Å²) in [5, 5.41) is 6.21. The minimum Gasteiger partial charge on any atom is -0.380 e. The van der Waals surface area contributed by atoms with Crippen molar-refractivity contribution < 1.29 is 9.53 Å². The molecule has 1 aromatic rings. The minimum absolute atomic E-state index is 0.0268. The Hall–Kier alpha value is -1.39. The van der Waals surface area contributed by atoms with Crippen molar-refractivity contribution in [3.8, 4) is 0 Å². The van der Waals surface area contributed by atoms with E-state index in [4.69, 9.17) is 4.74 Å². The van der Waals surface area contributed by atoms with Crippen LogP contribution in [0.1, 0.15) is 29.7 Å². The van der Waals surface area contributed by atoms with Gasteiger partial charge in [0.2, 0.25) is 5.91 Å². The average molecular weight is 248 g/mol. The second kappa shape index (κ2) is 5.50. The van der Waals surface area contributed by atoms with Crippen LogP contribution in [0.5, 0.6) is 0 Å². The lowest BCUT2D eigenvalue weighted by Gasteiger charge is -2.14. The molecule has 1 heterocycles. The number of nitrogens with one attached hydrogen (secondary N) is 2. The van der Waals surface area contributed by atoms with Crippen molar-refractivity contribution in [1.29, 1.82) is 0 Å². The predicted molar refractivity (Wildman–Crippen MR) is 71.8 cm³/mol. The second-order valence-electron chi connectivity index (χ2n) is 4.56. The first-order valence-electron chi connectivity index (χ1n) is 6.37. The van der Waals surface area contributed by atoms with E-state index in [0.29, 0.717) is 19.8 Å². The highest BCUT2D eigenvalue weighted by Crippen LogP contribution is 2.35. The molecule has 0 aromatic heterocycles. The lowest BCUT2D eigenvalue weighted by Crippen LogP contribution is -2.30. The van der Waals surface area contributed by atoms with Crippen molar-refractivity contribution in [3.05, 3.63) is 28.8 Å². The van der Waals surface area contributed by atoms with Crippen LogP contribution in [0.4, 0.5) is 5.69 Å². The molecule has 18 heavy (non-hydrogen) atoms. The maximum atomic E-state index is 12.0. The van der Waals surface area contributed by atoms with Crippen LogP contribution in [0, 0.1) is 13.8 Å². The van der Waals surface area contributed by atoms with E-state index in [0.717, 1.165) is 22.4 Å². The molecular weight excluding hydrogens is 228 g/mol. The van der Waals surface area contributed by atoms with Gasteiger partial charge in [-0.15, -0.1) is 0 Å². The van der Waals surface area contributed by atoms with Crippen LogP contribution in [0.15, 0.2) is 12.1 Å². The van der Waals surface area contributed by atoms with Crippen molar-refractivity contribution in [2.45, 2.75) is 26.8 Å². The fourth-order valence-corrected chi connectivity index (χ4v) is 2.31. The number of benzene rings is 1. The molecule has 0 bridgehead atoms. The van der Waals surface area contributed by atoms with Crippen LogP contribution in [-0.4, -0.2) is 25.7 Å². The number of aryl methyl sites for hydroxylation is 2. The van der Waals surface area contributed by atoms with Crippen LogP contribution in [0.2, 0.25) is 0 Å². The number of carbonyl (C=O) groups excluding carboxylic acids is 1. The summed E-state index contributed by atoms with van der Waals surface area (Å²) in [6.07, 6.45) is 0. The Morgan fingerprint density at radius 3 is 2.78 bits per heavy atom. The van der Waals surface area contributed by atoms with Crippen molar-refractivity contribution in [3.63, 3.8) is 0 Å². The molecule has 1 aliphatic heterocycles. The molecule has 4 heteroatoms. The normalized spacial score (nSPS) is 17.7. The molecule has 0 aliphatic carbocycles. The summed E-state index contributed by atoms with van der Waals surface area (Å²) in [5.74, 6) is 0.0268. The van der Waals surface area contributed by atoms with Crippen LogP contribution >= 0.6 is 0 Å². The van der Waals surface area contributed by atoms with Crippen LogP contribution in [-0.2, 0) is 9.53 Å². The highest BCUT2D eigenvalue weighted by molar-refractivity contribution is 6.03. The van der Waals surface area contributed by atoms with E-state index in [-0.39, 0.29) is 11.9 Å². The molecule has 0 saturated heterocycles. The summed E-state index contributed by atoms with van der Waals surface area (Å²) in [6.45, 7) is 8.02. The van der Waals surface area contributed by atoms with Gasteiger partial charge in [-0.3, -0.25) is 10.1 Å². The lowest BCUT2D eigenvalue weighted by molar-refractivity contribution is -0.117. The van der Waals surface area contributed by atoms with Crippen LogP contribution in [0.3, 0.4) is 0 Å². The van der Waals surface area contributed by atoms with Gasteiger partial charge in [-0.2, -0.15) is 0 Å². The Morgan fingerprint density at radius 2 is 2.06 bits per heavy atom. The first-order chi connectivity index (χ1) is 8.65. The van der Waals surface area contributed by atoms with Crippen LogP contribution < -0.4 is 10.6 Å². The van der Waals surface area contributed by atoms with Gasteiger partial charge in [-0.05, 0) is 31.9 Å². The highest BCUT2D eigenvalue weighted by Gasteiger charge is 2.32. The number of fused-ring (bicyclic) bond motifs is 1. The Bertz CT molecular complexity index is 457. The molecule has 0 spiro atoms. The Kier molecular flexibility index (Phi) is 3.99. The number of amides is 1. The van der Waals surface area contributed by atoms with E-state index in [2.05, 4.69) is 16.7 Å². The Morgan fingerprint density at radius 1 is 1.33 bits per heavy atom. The molecule has 1 atom stereocenters. The van der Waals surface area contributed by atoms with Gasteiger partial charge in [-0.1, -0.05) is 12.1 Å². The molecular formula is C14H20N2O2. The van der Waals surface area contributed by atoms with Crippen LogP contribution in [0.25, 0.3) is 0 Å². The topological polar surface area (TPSA) is 50.4 Å². The Labute approximate surface area is 108 Å². The third kappa shape index (κ3) is 2.40. The van der Waals surface area contributed by atoms with Gasteiger partial charge in [-0.25, -0.2) is 0 Å². The zero-order valence-electron chi connectivity index (χ0n) is 11.2. The van der Waals surface area contributed by atoms with Crippen molar-refractivity contribution >= 4 is 11.6 Å². The van der Waals surface area contributed by atoms with Gasteiger partial charge in [0.05, 0.1) is 6.61 Å². The molecule has 0 fully saturated rings. The quantitative estimate of drug-likeness (QED) is 0.783. The van der Waals surface area contributed by atoms with E-state index >= 15 is 0 Å². The summed E-state index contributed by atoms with van der Waals surface area (Å²) >= 11 is 0. The van der Waals surface area contributed by atoms with E-state index in [1.54, 1.807) is 0 Å². The average Bonchev–Trinajstić information content (AvgIpc) is 2.68. The zero-order chi connectivity index (χ0) is 13.1. The van der Waals surface area contributed by atoms with Crippen molar-refractivity contribution in [1.82, 2.24) is 5.32 Å². The number of rotatable bonds is 5. The van der Waals surface area contributed by atoms with Gasteiger partial charge in [0, 0.05) is 24.4 Å². The summed E-state index contributed by atoms with van der Waals surface area (Å²) in [6, 6.07) is 3.85. The van der Waals surface area contributed by atoms with Crippen molar-refractivity contribution in [2.24, 2.45) is 0 Å². The molecule has 1 amide bonds. The molecule has 0 radical (unpaired) electrons. The van der Waals surface area contributed by atoms with Gasteiger partial charge in [0.15, 0.2) is 0 Å². The highest BCUT2D eigenvalue weighted by atomic mass is 16.5. The molecule has 1 unspecified atom stereocenters. The summed E-state index contributed by atoms with van der Waals surface area (Å²) in [7, 11) is 0. The monoisotopic (exact) mass is 248 g/mol. The lowest BCUT2D eigenvalue weighted by atomic mass is 9.99. The largest absolute Gasteiger partial charge is 0.380 e. The molecule has 2 rings (SSSR count). The molecule has 1 aliphatic rings. The first kappa shape index (κ1) is 13.1. The fraction of sp³-hybridized carbons (Fsp3) is 0.500. The van der Waals surface area contributed by atoms with Crippen molar-refractivity contribution in [2.75, 3.05) is 25.1 Å². The first-order valence-corrected chi connectivity index (χ1v) is 6.37. The van der Waals surface area contributed by atoms with Gasteiger partial charge in [0.1, 0.15) is 6.04 Å². The summed E-state index contributed by atoms with van der Waals surface area (Å²) < 4.78 is 5.28. The number of carbonyl (C=O) groups is 1. The summed E-state index contributed by atoms with van der Waals surface area (Å²) in [4.78, 5) is 12.0.